The van der Waals surface area contributed by atoms with Crippen molar-refractivity contribution in [3.8, 4) is 0 Å². The van der Waals surface area contributed by atoms with Crippen molar-refractivity contribution < 1.29 is 8.97 Å². The van der Waals surface area contributed by atoms with Gasteiger partial charge in [-0.2, -0.15) is 0 Å². The van der Waals surface area contributed by atoms with Crippen LogP contribution in [0.4, 0.5) is 0 Å². The summed E-state index contributed by atoms with van der Waals surface area (Å²) in [6, 6.07) is 0. The van der Waals surface area contributed by atoms with Crippen LogP contribution in [0.15, 0.2) is 0 Å². The van der Waals surface area contributed by atoms with Crippen LogP contribution >= 0.6 is 0 Å². The van der Waals surface area contributed by atoms with Gasteiger partial charge in [-0.15, -0.1) is 0 Å². The molecule has 1 saturated carbocycles. The van der Waals surface area contributed by atoms with Crippen LogP contribution in [0.25, 0.3) is 0 Å². The van der Waals surface area contributed by atoms with Gasteiger partial charge in [-0.25, -0.2) is 0 Å². The molecule has 3 fully saturated rings. The normalized spacial score (nSPS) is 35.5. The van der Waals surface area contributed by atoms with E-state index in [0.717, 1.165) is 11.8 Å². The van der Waals surface area contributed by atoms with Crippen molar-refractivity contribution in [2.24, 2.45) is 17.3 Å². The Labute approximate surface area is 145 Å². The van der Waals surface area contributed by atoms with E-state index in [0.29, 0.717) is 5.41 Å². The van der Waals surface area contributed by atoms with Crippen LogP contribution in [-0.4, -0.2) is 62.3 Å². The minimum absolute atomic E-state index is 0.591. The van der Waals surface area contributed by atoms with Crippen LogP contribution in [0.3, 0.4) is 0 Å². The second kappa shape index (κ2) is 6.67. The average molecular weight is 323 g/mol. The molecule has 2 aliphatic heterocycles. The van der Waals surface area contributed by atoms with E-state index in [9.17, 15) is 0 Å². The van der Waals surface area contributed by atoms with Crippen molar-refractivity contribution in [1.29, 1.82) is 0 Å². The number of hydrogen-bond acceptors (Lipinski definition) is 0. The van der Waals surface area contributed by atoms with Gasteiger partial charge in [-0.3, -0.25) is 0 Å². The molecule has 2 nitrogen and oxygen atoms in total. The fraction of sp³-hybridized carbons (Fsp3) is 1.00. The maximum Gasteiger partial charge on any atom is 0.0818 e. The highest BCUT2D eigenvalue weighted by Crippen LogP contribution is 2.54. The molecule has 0 aromatic rings. The van der Waals surface area contributed by atoms with Gasteiger partial charge < -0.3 is 8.97 Å². The van der Waals surface area contributed by atoms with Gasteiger partial charge in [-0.1, -0.05) is 13.8 Å². The zero-order valence-corrected chi connectivity index (χ0v) is 16.4. The Morgan fingerprint density at radius 3 is 1.78 bits per heavy atom. The first-order valence-corrected chi connectivity index (χ1v) is 10.5. The van der Waals surface area contributed by atoms with Gasteiger partial charge in [-0.05, 0) is 62.7 Å². The Balaban J connectivity index is 1.48. The van der Waals surface area contributed by atoms with Gasteiger partial charge in [0.25, 0.3) is 0 Å². The van der Waals surface area contributed by atoms with Crippen LogP contribution in [0.2, 0.25) is 0 Å². The Morgan fingerprint density at radius 1 is 0.739 bits per heavy atom. The second-order valence-corrected chi connectivity index (χ2v) is 10.4. The van der Waals surface area contributed by atoms with E-state index in [4.69, 9.17) is 0 Å². The van der Waals surface area contributed by atoms with E-state index in [1.807, 2.05) is 0 Å². The Kier molecular flexibility index (Phi) is 5.14. The zero-order valence-electron chi connectivity index (χ0n) is 16.4. The minimum atomic E-state index is 0.591. The summed E-state index contributed by atoms with van der Waals surface area (Å²) in [6.07, 6.45) is 11.8. The molecule has 2 heterocycles. The Morgan fingerprint density at radius 2 is 1.26 bits per heavy atom. The lowest BCUT2D eigenvalue weighted by molar-refractivity contribution is -0.919. The molecular weight excluding hydrogens is 280 g/mol. The molecule has 0 radical (unpaired) electrons. The van der Waals surface area contributed by atoms with Crippen molar-refractivity contribution in [2.45, 2.75) is 65.2 Å². The lowest BCUT2D eigenvalue weighted by atomic mass is 9.53. The van der Waals surface area contributed by atoms with Crippen LogP contribution in [0, 0.1) is 17.3 Å². The third-order valence-corrected chi connectivity index (χ3v) is 8.14. The maximum absolute atomic E-state index is 2.58. The molecule has 0 spiro atoms. The van der Waals surface area contributed by atoms with E-state index in [1.54, 1.807) is 0 Å². The summed E-state index contributed by atoms with van der Waals surface area (Å²) in [7, 11) is 5.05. The van der Waals surface area contributed by atoms with Crippen molar-refractivity contribution in [1.82, 2.24) is 0 Å². The molecule has 0 N–H and O–H groups in total. The van der Waals surface area contributed by atoms with Crippen molar-refractivity contribution in [3.05, 3.63) is 0 Å². The Hall–Kier alpha value is -0.0800. The highest BCUT2D eigenvalue weighted by atomic mass is 15.3. The fourth-order valence-corrected chi connectivity index (χ4v) is 5.88. The predicted molar refractivity (Wildman–Crippen MR) is 99.3 cm³/mol. The number of quaternary nitrogens is 2. The monoisotopic (exact) mass is 322 g/mol. The molecule has 134 valence electrons. The number of nitrogens with zero attached hydrogens (tertiary/aromatic N) is 2. The van der Waals surface area contributed by atoms with E-state index < -0.39 is 0 Å². The molecule has 3 rings (SSSR count). The average Bonchev–Trinajstić information content (AvgIpc) is 2.51. The van der Waals surface area contributed by atoms with E-state index in [1.165, 1.54) is 99.6 Å². The maximum atomic E-state index is 2.58. The molecule has 2 atom stereocenters. The van der Waals surface area contributed by atoms with Crippen molar-refractivity contribution in [2.75, 3.05) is 53.4 Å². The SMILES string of the molecule is CC1(C)[C@H](CC[N+]2(C)CCCCC2)C[C@H]1C[N+]1(C)CCCCC1. The third-order valence-electron chi connectivity index (χ3n) is 8.14. The molecule has 2 heteroatoms. The summed E-state index contributed by atoms with van der Waals surface area (Å²) in [6.45, 7) is 13.8. The standard InChI is InChI=1S/C21H42N2/c1-21(2)19(11-16-22(3)12-7-5-8-13-22)17-20(21)18-23(4)14-9-6-10-15-23/h19-20H,5-18H2,1-4H3/q+2/t19-,20+/m1/s1. The molecule has 23 heavy (non-hydrogen) atoms. The van der Waals surface area contributed by atoms with Gasteiger partial charge in [0.2, 0.25) is 0 Å². The van der Waals surface area contributed by atoms with Gasteiger partial charge in [0.05, 0.1) is 53.4 Å². The third kappa shape index (κ3) is 3.95. The molecule has 0 aromatic heterocycles. The first-order valence-electron chi connectivity index (χ1n) is 10.5. The summed E-state index contributed by atoms with van der Waals surface area (Å²) in [5, 5.41) is 0. The lowest BCUT2D eigenvalue weighted by Crippen LogP contribution is -2.58. The van der Waals surface area contributed by atoms with Crippen LogP contribution in [0.5, 0.6) is 0 Å². The molecular formula is C21H42N2+2. The molecule has 0 bridgehead atoms. The first kappa shape index (κ1) is 17.7. The number of likely N-dealkylation sites (tertiary alicyclic amines) is 2. The largest absolute Gasteiger partial charge is 0.326 e. The number of piperidine rings is 2. The van der Waals surface area contributed by atoms with Crippen LogP contribution in [0.1, 0.15) is 65.2 Å². The lowest BCUT2D eigenvalue weighted by Gasteiger charge is -2.55. The molecule has 0 unspecified atom stereocenters. The van der Waals surface area contributed by atoms with Gasteiger partial charge in [0, 0.05) is 5.92 Å². The second-order valence-electron chi connectivity index (χ2n) is 10.4. The van der Waals surface area contributed by atoms with Crippen molar-refractivity contribution in [3.63, 3.8) is 0 Å². The molecule has 1 aliphatic carbocycles. The summed E-state index contributed by atoms with van der Waals surface area (Å²) in [4.78, 5) is 0. The highest BCUT2D eigenvalue weighted by molar-refractivity contribution is 4.96. The smallest absolute Gasteiger partial charge is 0.0818 e. The van der Waals surface area contributed by atoms with E-state index in [2.05, 4.69) is 27.9 Å². The summed E-state index contributed by atoms with van der Waals surface area (Å²) in [5.41, 5.74) is 0.591. The van der Waals surface area contributed by atoms with Gasteiger partial charge in [0.15, 0.2) is 0 Å². The highest BCUT2D eigenvalue weighted by Gasteiger charge is 2.51. The Bertz CT molecular complexity index is 389. The molecule has 2 saturated heterocycles. The number of rotatable bonds is 5. The molecule has 0 amide bonds. The van der Waals surface area contributed by atoms with Crippen molar-refractivity contribution >= 4 is 0 Å². The van der Waals surface area contributed by atoms with Gasteiger partial charge >= 0.3 is 0 Å². The first-order chi connectivity index (χ1) is 10.8. The van der Waals surface area contributed by atoms with Crippen LogP contribution < -0.4 is 0 Å². The van der Waals surface area contributed by atoms with E-state index >= 15 is 0 Å². The summed E-state index contributed by atoms with van der Waals surface area (Å²) < 4.78 is 2.74. The topological polar surface area (TPSA) is 0 Å². The summed E-state index contributed by atoms with van der Waals surface area (Å²) >= 11 is 0. The number of hydrogen-bond donors (Lipinski definition) is 0. The molecule has 3 aliphatic rings. The minimum Gasteiger partial charge on any atom is -0.326 e. The van der Waals surface area contributed by atoms with E-state index in [-0.39, 0.29) is 0 Å². The van der Waals surface area contributed by atoms with Crippen LogP contribution in [-0.2, 0) is 0 Å². The fourth-order valence-electron chi connectivity index (χ4n) is 5.88. The quantitative estimate of drug-likeness (QED) is 0.662. The summed E-state index contributed by atoms with van der Waals surface area (Å²) in [5.74, 6) is 1.96. The predicted octanol–water partition coefficient (Wildman–Crippen LogP) is 4.30. The van der Waals surface area contributed by atoms with Gasteiger partial charge in [0.1, 0.15) is 0 Å². The molecule has 0 aromatic carbocycles. The zero-order chi connectivity index (χ0) is 16.6.